The average molecular weight is 294 g/mol. The van der Waals surface area contributed by atoms with Crippen LogP contribution in [0.3, 0.4) is 0 Å². The van der Waals surface area contributed by atoms with Crippen LogP contribution in [0.15, 0.2) is 29.4 Å². The van der Waals surface area contributed by atoms with Crippen molar-refractivity contribution in [2.24, 2.45) is 16.6 Å². The maximum atomic E-state index is 11.5. The number of carbonyl (C=O) groups is 2. The zero-order chi connectivity index (χ0) is 15.7. The Labute approximate surface area is 121 Å². The molecule has 1 aromatic carbocycles. The van der Waals surface area contributed by atoms with Crippen LogP contribution >= 0.6 is 0 Å². The number of oxime groups is 1. The molecule has 21 heavy (non-hydrogen) atoms. The third-order valence-corrected chi connectivity index (χ3v) is 2.55. The molecule has 6 N–H and O–H groups in total. The molecule has 0 aliphatic heterocycles. The topological polar surface area (TPSA) is 140 Å². The molecule has 0 aliphatic carbocycles. The van der Waals surface area contributed by atoms with E-state index in [4.69, 9.17) is 21.4 Å². The number of amides is 2. The van der Waals surface area contributed by atoms with Gasteiger partial charge in [-0.15, -0.1) is 0 Å². The number of hydrogen-bond donors (Lipinski definition) is 4. The van der Waals surface area contributed by atoms with Crippen molar-refractivity contribution >= 4 is 17.6 Å². The minimum atomic E-state index is -0.397. The van der Waals surface area contributed by atoms with E-state index in [9.17, 15) is 9.59 Å². The van der Waals surface area contributed by atoms with Crippen LogP contribution in [0.2, 0.25) is 0 Å². The number of benzene rings is 1. The molecule has 2 amide bonds. The molecule has 0 heterocycles. The number of amidine groups is 1. The van der Waals surface area contributed by atoms with Crippen molar-refractivity contribution in [1.29, 1.82) is 0 Å². The van der Waals surface area contributed by atoms with E-state index >= 15 is 0 Å². The highest BCUT2D eigenvalue weighted by atomic mass is 16.5. The van der Waals surface area contributed by atoms with E-state index in [0.29, 0.717) is 24.3 Å². The molecule has 0 saturated carbocycles. The van der Waals surface area contributed by atoms with Gasteiger partial charge in [0.1, 0.15) is 5.75 Å². The summed E-state index contributed by atoms with van der Waals surface area (Å²) in [4.78, 5) is 22.0. The minimum Gasteiger partial charge on any atom is -0.484 e. The molecule has 0 aliphatic rings. The SMILES string of the molecule is NC(=O)CCCNC(=O)COc1ccc(/C(N)=N/O)cc1. The van der Waals surface area contributed by atoms with Crippen LogP contribution in [-0.4, -0.2) is 36.0 Å². The first-order valence-electron chi connectivity index (χ1n) is 6.28. The van der Waals surface area contributed by atoms with Crippen LogP contribution in [0.1, 0.15) is 18.4 Å². The fourth-order valence-electron chi connectivity index (χ4n) is 1.47. The summed E-state index contributed by atoms with van der Waals surface area (Å²) in [6.07, 6.45) is 0.728. The molecule has 1 rings (SSSR count). The summed E-state index contributed by atoms with van der Waals surface area (Å²) in [6, 6.07) is 6.42. The molecule has 0 bridgehead atoms. The number of carbonyl (C=O) groups excluding carboxylic acids is 2. The third-order valence-electron chi connectivity index (χ3n) is 2.55. The Kier molecular flexibility index (Phi) is 6.52. The summed E-state index contributed by atoms with van der Waals surface area (Å²) >= 11 is 0. The van der Waals surface area contributed by atoms with Crippen molar-refractivity contribution in [1.82, 2.24) is 5.32 Å². The fourth-order valence-corrected chi connectivity index (χ4v) is 1.47. The lowest BCUT2D eigenvalue weighted by atomic mass is 10.2. The van der Waals surface area contributed by atoms with Crippen LogP contribution in [0.25, 0.3) is 0 Å². The van der Waals surface area contributed by atoms with E-state index < -0.39 is 5.91 Å². The summed E-state index contributed by atoms with van der Waals surface area (Å²) < 4.78 is 5.27. The first-order valence-corrected chi connectivity index (χ1v) is 6.28. The second-order valence-electron chi connectivity index (χ2n) is 4.22. The van der Waals surface area contributed by atoms with E-state index in [2.05, 4.69) is 10.5 Å². The number of primary amides is 1. The van der Waals surface area contributed by atoms with Gasteiger partial charge in [0.15, 0.2) is 12.4 Å². The van der Waals surface area contributed by atoms with Gasteiger partial charge in [-0.25, -0.2) is 0 Å². The summed E-state index contributed by atoms with van der Waals surface area (Å²) in [6.45, 7) is 0.229. The highest BCUT2D eigenvalue weighted by molar-refractivity contribution is 5.97. The van der Waals surface area contributed by atoms with Gasteiger partial charge in [-0.3, -0.25) is 9.59 Å². The van der Waals surface area contributed by atoms with Gasteiger partial charge in [-0.2, -0.15) is 0 Å². The second kappa shape index (κ2) is 8.41. The first-order chi connectivity index (χ1) is 10.0. The Hall–Kier alpha value is -2.77. The van der Waals surface area contributed by atoms with Crippen molar-refractivity contribution in [2.45, 2.75) is 12.8 Å². The van der Waals surface area contributed by atoms with E-state index in [-0.39, 0.29) is 24.8 Å². The number of hydrogen-bond acceptors (Lipinski definition) is 5. The van der Waals surface area contributed by atoms with E-state index in [1.54, 1.807) is 24.3 Å². The Balaban J connectivity index is 2.31. The molecule has 0 radical (unpaired) electrons. The quantitative estimate of drug-likeness (QED) is 0.169. The molecule has 0 fully saturated rings. The Morgan fingerprint density at radius 1 is 1.24 bits per heavy atom. The molecule has 0 unspecified atom stereocenters. The van der Waals surface area contributed by atoms with Crippen LogP contribution in [0.4, 0.5) is 0 Å². The predicted octanol–water partition coefficient (Wildman–Crippen LogP) is -0.458. The first kappa shape index (κ1) is 16.3. The number of nitrogens with zero attached hydrogens (tertiary/aromatic N) is 1. The standard InChI is InChI=1S/C13H18N4O4/c14-11(18)2-1-7-16-12(19)8-21-10-5-3-9(4-6-10)13(15)17-20/h3-6,20H,1-2,7-8H2,(H2,14,18)(H2,15,17)(H,16,19). The molecule has 114 valence electrons. The van der Waals surface area contributed by atoms with Gasteiger partial charge in [0.05, 0.1) is 0 Å². The number of ether oxygens (including phenoxy) is 1. The van der Waals surface area contributed by atoms with Crippen LogP contribution in [-0.2, 0) is 9.59 Å². The van der Waals surface area contributed by atoms with Gasteiger partial charge in [0, 0.05) is 18.5 Å². The van der Waals surface area contributed by atoms with E-state index in [0.717, 1.165) is 0 Å². The average Bonchev–Trinajstić information content (AvgIpc) is 2.49. The lowest BCUT2D eigenvalue weighted by Gasteiger charge is -2.07. The van der Waals surface area contributed by atoms with Crippen molar-refractivity contribution in [2.75, 3.05) is 13.2 Å². The summed E-state index contributed by atoms with van der Waals surface area (Å²) in [5, 5.41) is 14.0. The van der Waals surface area contributed by atoms with E-state index in [1.165, 1.54) is 0 Å². The van der Waals surface area contributed by atoms with Gasteiger partial charge in [-0.1, -0.05) is 5.16 Å². The molecule has 0 aromatic heterocycles. The zero-order valence-corrected chi connectivity index (χ0v) is 11.4. The zero-order valence-electron chi connectivity index (χ0n) is 11.4. The Morgan fingerprint density at radius 3 is 2.48 bits per heavy atom. The van der Waals surface area contributed by atoms with E-state index in [1.807, 2.05) is 0 Å². The third kappa shape index (κ3) is 6.28. The smallest absolute Gasteiger partial charge is 0.257 e. The maximum absolute atomic E-state index is 11.5. The second-order valence-corrected chi connectivity index (χ2v) is 4.22. The van der Waals surface area contributed by atoms with Crippen LogP contribution in [0.5, 0.6) is 5.75 Å². The monoisotopic (exact) mass is 294 g/mol. The van der Waals surface area contributed by atoms with Gasteiger partial charge < -0.3 is 26.7 Å². The molecule has 8 nitrogen and oxygen atoms in total. The Morgan fingerprint density at radius 2 is 1.90 bits per heavy atom. The molecular weight excluding hydrogens is 276 g/mol. The summed E-state index contributed by atoms with van der Waals surface area (Å²) in [7, 11) is 0. The number of nitrogens with one attached hydrogen (secondary N) is 1. The molecule has 8 heteroatoms. The van der Waals surface area contributed by atoms with Crippen LogP contribution < -0.4 is 21.5 Å². The van der Waals surface area contributed by atoms with Gasteiger partial charge in [-0.05, 0) is 30.7 Å². The predicted molar refractivity (Wildman–Crippen MR) is 75.9 cm³/mol. The highest BCUT2D eigenvalue weighted by Crippen LogP contribution is 2.11. The minimum absolute atomic E-state index is 0.00579. The van der Waals surface area contributed by atoms with Gasteiger partial charge in [0.2, 0.25) is 5.91 Å². The Bertz CT molecular complexity index is 513. The fraction of sp³-hybridized carbons (Fsp3) is 0.308. The van der Waals surface area contributed by atoms with Crippen molar-refractivity contribution in [3.63, 3.8) is 0 Å². The maximum Gasteiger partial charge on any atom is 0.257 e. The lowest BCUT2D eigenvalue weighted by molar-refractivity contribution is -0.123. The normalized spacial score (nSPS) is 11.0. The van der Waals surface area contributed by atoms with Gasteiger partial charge in [0.25, 0.3) is 5.91 Å². The summed E-state index contributed by atoms with van der Waals surface area (Å²) in [5.74, 6) is -0.211. The van der Waals surface area contributed by atoms with Crippen LogP contribution in [0, 0.1) is 0 Å². The largest absolute Gasteiger partial charge is 0.484 e. The summed E-state index contributed by atoms with van der Waals surface area (Å²) in [5.41, 5.74) is 10.9. The molecule has 1 aromatic rings. The lowest BCUT2D eigenvalue weighted by Crippen LogP contribution is -2.30. The molecule has 0 atom stereocenters. The van der Waals surface area contributed by atoms with Gasteiger partial charge >= 0.3 is 0 Å². The highest BCUT2D eigenvalue weighted by Gasteiger charge is 2.04. The molecule has 0 spiro atoms. The van der Waals surface area contributed by atoms with Crippen molar-refractivity contribution < 1.29 is 19.5 Å². The molecule has 0 saturated heterocycles. The number of rotatable bonds is 8. The molecular formula is C13H18N4O4. The number of nitrogens with two attached hydrogens (primary N) is 2. The van der Waals surface area contributed by atoms with Crippen molar-refractivity contribution in [3.05, 3.63) is 29.8 Å². The van der Waals surface area contributed by atoms with Crippen molar-refractivity contribution in [3.8, 4) is 5.75 Å².